The maximum Gasteiger partial charge on any atom is 0.162 e. The second-order valence-corrected chi connectivity index (χ2v) is 6.10. The summed E-state index contributed by atoms with van der Waals surface area (Å²) in [5.41, 5.74) is 4.16. The maximum absolute atomic E-state index is 12.0. The van der Waals surface area contributed by atoms with Gasteiger partial charge in [-0.2, -0.15) is 0 Å². The van der Waals surface area contributed by atoms with Crippen LogP contribution in [0.25, 0.3) is 10.4 Å². The van der Waals surface area contributed by atoms with Crippen LogP contribution in [0.15, 0.2) is 54.0 Å². The fourth-order valence-electron chi connectivity index (χ4n) is 2.66. The van der Waals surface area contributed by atoms with Crippen LogP contribution in [0.5, 0.6) is 0 Å². The molecular weight excluding hydrogens is 278 g/mol. The Morgan fingerprint density at radius 2 is 1.90 bits per heavy atom. The smallest absolute Gasteiger partial charge is 0.162 e. The number of hydrogen-bond acceptors (Lipinski definition) is 2. The number of rotatable bonds is 4. The van der Waals surface area contributed by atoms with Gasteiger partial charge in [-0.1, -0.05) is 36.4 Å². The first kappa shape index (κ1) is 13.8. The molecule has 2 aromatic heterocycles. The lowest BCUT2D eigenvalue weighted by Gasteiger charge is -2.06. The van der Waals surface area contributed by atoms with Gasteiger partial charge in [0.1, 0.15) is 0 Å². The van der Waals surface area contributed by atoms with Gasteiger partial charge in [0.25, 0.3) is 0 Å². The SMILES string of the molecule is CC(=O)c1c(-c2cccs2)cn(Cc2ccccc2)c1C. The Balaban J connectivity index is 2.07. The zero-order valence-electron chi connectivity index (χ0n) is 12.2. The van der Waals surface area contributed by atoms with E-state index in [9.17, 15) is 4.79 Å². The normalized spacial score (nSPS) is 10.8. The maximum atomic E-state index is 12.0. The standard InChI is InChI=1S/C18H17NOS/c1-13-18(14(2)20)16(17-9-6-10-21-17)12-19(13)11-15-7-4-3-5-8-15/h3-10,12H,11H2,1-2H3. The van der Waals surface area contributed by atoms with Crippen molar-refractivity contribution in [2.75, 3.05) is 0 Å². The molecule has 21 heavy (non-hydrogen) atoms. The number of ketones is 1. The van der Waals surface area contributed by atoms with Crippen molar-refractivity contribution in [1.82, 2.24) is 4.57 Å². The summed E-state index contributed by atoms with van der Waals surface area (Å²) in [7, 11) is 0. The summed E-state index contributed by atoms with van der Waals surface area (Å²) in [5, 5.41) is 2.04. The predicted molar refractivity (Wildman–Crippen MR) is 88.0 cm³/mol. The van der Waals surface area contributed by atoms with E-state index in [-0.39, 0.29) is 5.78 Å². The van der Waals surface area contributed by atoms with E-state index in [1.807, 2.05) is 36.6 Å². The third kappa shape index (κ3) is 2.69. The minimum absolute atomic E-state index is 0.128. The quantitative estimate of drug-likeness (QED) is 0.635. The Labute approximate surface area is 128 Å². The van der Waals surface area contributed by atoms with Crippen molar-refractivity contribution < 1.29 is 4.79 Å². The summed E-state index contributed by atoms with van der Waals surface area (Å²) in [6.07, 6.45) is 2.10. The second kappa shape index (κ2) is 5.70. The summed E-state index contributed by atoms with van der Waals surface area (Å²) >= 11 is 1.67. The van der Waals surface area contributed by atoms with E-state index >= 15 is 0 Å². The molecular formula is C18H17NOS. The number of benzene rings is 1. The van der Waals surface area contributed by atoms with Crippen molar-refractivity contribution in [2.45, 2.75) is 20.4 Å². The molecule has 0 spiro atoms. The lowest BCUT2D eigenvalue weighted by Crippen LogP contribution is -2.02. The third-order valence-corrected chi connectivity index (χ3v) is 4.58. The number of carbonyl (C=O) groups is 1. The number of aromatic nitrogens is 1. The van der Waals surface area contributed by atoms with Gasteiger partial charge in [-0.3, -0.25) is 4.79 Å². The molecule has 0 radical (unpaired) electrons. The van der Waals surface area contributed by atoms with E-state index in [1.54, 1.807) is 18.3 Å². The molecule has 106 valence electrons. The first-order valence-corrected chi connectivity index (χ1v) is 7.83. The molecule has 0 bridgehead atoms. The highest BCUT2D eigenvalue weighted by Crippen LogP contribution is 2.32. The van der Waals surface area contributed by atoms with E-state index in [0.717, 1.165) is 28.2 Å². The minimum atomic E-state index is 0.128. The molecule has 0 atom stereocenters. The summed E-state index contributed by atoms with van der Waals surface area (Å²) in [5.74, 6) is 0.128. The minimum Gasteiger partial charge on any atom is -0.346 e. The summed E-state index contributed by atoms with van der Waals surface area (Å²) in [6.45, 7) is 4.46. The van der Waals surface area contributed by atoms with Crippen LogP contribution in [0.1, 0.15) is 28.5 Å². The predicted octanol–water partition coefficient (Wildman–Crippen LogP) is 4.78. The Morgan fingerprint density at radius 3 is 2.52 bits per heavy atom. The van der Waals surface area contributed by atoms with Gasteiger partial charge in [0, 0.05) is 34.4 Å². The van der Waals surface area contributed by atoms with Crippen LogP contribution in [0, 0.1) is 6.92 Å². The zero-order chi connectivity index (χ0) is 14.8. The second-order valence-electron chi connectivity index (χ2n) is 5.15. The van der Waals surface area contributed by atoms with E-state index in [2.05, 4.69) is 29.0 Å². The van der Waals surface area contributed by atoms with Crippen LogP contribution in [0.4, 0.5) is 0 Å². The van der Waals surface area contributed by atoms with Crippen LogP contribution >= 0.6 is 11.3 Å². The number of thiophene rings is 1. The van der Waals surface area contributed by atoms with Crippen molar-refractivity contribution in [3.05, 3.63) is 70.9 Å². The van der Waals surface area contributed by atoms with E-state index in [0.29, 0.717) is 0 Å². The molecule has 3 rings (SSSR count). The van der Waals surface area contributed by atoms with E-state index in [1.165, 1.54) is 5.56 Å². The number of Topliss-reactive ketones (excluding diaryl/α,β-unsaturated/α-hetero) is 1. The van der Waals surface area contributed by atoms with Crippen LogP contribution in [0.3, 0.4) is 0 Å². The average molecular weight is 295 g/mol. The Kier molecular flexibility index (Phi) is 3.76. The zero-order valence-corrected chi connectivity index (χ0v) is 13.0. The molecule has 0 unspecified atom stereocenters. The third-order valence-electron chi connectivity index (χ3n) is 3.68. The van der Waals surface area contributed by atoms with Crippen molar-refractivity contribution in [3.63, 3.8) is 0 Å². The fraction of sp³-hybridized carbons (Fsp3) is 0.167. The molecule has 0 fully saturated rings. The highest BCUT2D eigenvalue weighted by molar-refractivity contribution is 7.13. The first-order valence-electron chi connectivity index (χ1n) is 6.95. The van der Waals surface area contributed by atoms with Gasteiger partial charge in [-0.05, 0) is 30.9 Å². The monoisotopic (exact) mass is 295 g/mol. The fourth-order valence-corrected chi connectivity index (χ4v) is 3.41. The number of carbonyl (C=O) groups excluding carboxylic acids is 1. The Bertz CT molecular complexity index is 754. The molecule has 0 aliphatic carbocycles. The Hall–Kier alpha value is -2.13. The first-order chi connectivity index (χ1) is 10.2. The molecule has 3 aromatic rings. The topological polar surface area (TPSA) is 22.0 Å². The summed E-state index contributed by atoms with van der Waals surface area (Å²) in [6, 6.07) is 14.4. The Morgan fingerprint density at radius 1 is 1.14 bits per heavy atom. The summed E-state index contributed by atoms with van der Waals surface area (Å²) in [4.78, 5) is 13.2. The van der Waals surface area contributed by atoms with Gasteiger partial charge in [-0.25, -0.2) is 0 Å². The molecule has 0 N–H and O–H groups in total. The van der Waals surface area contributed by atoms with Gasteiger partial charge >= 0.3 is 0 Å². The van der Waals surface area contributed by atoms with Crippen LogP contribution in [0.2, 0.25) is 0 Å². The molecule has 2 nitrogen and oxygen atoms in total. The van der Waals surface area contributed by atoms with Crippen LogP contribution in [-0.2, 0) is 6.54 Å². The molecule has 3 heteroatoms. The van der Waals surface area contributed by atoms with Gasteiger partial charge in [0.15, 0.2) is 5.78 Å². The number of nitrogens with zero attached hydrogens (tertiary/aromatic N) is 1. The average Bonchev–Trinajstić information content (AvgIpc) is 3.09. The van der Waals surface area contributed by atoms with Gasteiger partial charge in [0.2, 0.25) is 0 Å². The van der Waals surface area contributed by atoms with Gasteiger partial charge in [-0.15, -0.1) is 11.3 Å². The lowest BCUT2D eigenvalue weighted by atomic mass is 10.1. The van der Waals surface area contributed by atoms with Gasteiger partial charge < -0.3 is 4.57 Å². The number of hydrogen-bond donors (Lipinski definition) is 0. The van der Waals surface area contributed by atoms with Crippen molar-refractivity contribution in [1.29, 1.82) is 0 Å². The molecule has 1 aromatic carbocycles. The van der Waals surface area contributed by atoms with Crippen molar-refractivity contribution >= 4 is 17.1 Å². The van der Waals surface area contributed by atoms with Crippen molar-refractivity contribution in [3.8, 4) is 10.4 Å². The summed E-state index contributed by atoms with van der Waals surface area (Å²) < 4.78 is 2.17. The highest BCUT2D eigenvalue weighted by atomic mass is 32.1. The molecule has 0 saturated carbocycles. The molecule has 2 heterocycles. The van der Waals surface area contributed by atoms with E-state index < -0.39 is 0 Å². The molecule has 0 amide bonds. The largest absolute Gasteiger partial charge is 0.346 e. The highest BCUT2D eigenvalue weighted by Gasteiger charge is 2.18. The van der Waals surface area contributed by atoms with E-state index in [4.69, 9.17) is 0 Å². The van der Waals surface area contributed by atoms with Crippen LogP contribution < -0.4 is 0 Å². The lowest BCUT2D eigenvalue weighted by molar-refractivity contribution is 0.101. The molecule has 0 aliphatic rings. The van der Waals surface area contributed by atoms with Crippen LogP contribution in [-0.4, -0.2) is 10.4 Å². The molecule has 0 saturated heterocycles. The van der Waals surface area contributed by atoms with Gasteiger partial charge in [0.05, 0.1) is 0 Å². The van der Waals surface area contributed by atoms with Crippen molar-refractivity contribution in [2.24, 2.45) is 0 Å². The molecule has 0 aliphatic heterocycles.